The minimum Gasteiger partial charge on any atom is -0.496 e. The van der Waals surface area contributed by atoms with Gasteiger partial charge in [-0.3, -0.25) is 9.95 Å². The second kappa shape index (κ2) is 12.4. The fourth-order valence-electron chi connectivity index (χ4n) is 4.43. The molecule has 5 rings (SSSR count). The minimum absolute atomic E-state index is 0. The summed E-state index contributed by atoms with van der Waals surface area (Å²) in [6.45, 7) is 1.64. The van der Waals surface area contributed by atoms with Crippen LogP contribution in [-0.2, 0) is 17.1 Å². The van der Waals surface area contributed by atoms with Crippen LogP contribution in [0.3, 0.4) is 0 Å². The number of carbonyl (C=O) groups excluding carboxylic acids is 1. The van der Waals surface area contributed by atoms with Crippen molar-refractivity contribution in [2.45, 2.75) is 11.8 Å². The molecule has 0 aliphatic carbocycles. The van der Waals surface area contributed by atoms with Gasteiger partial charge in [0.1, 0.15) is 17.3 Å². The van der Waals surface area contributed by atoms with Gasteiger partial charge in [0.05, 0.1) is 24.8 Å². The molecular weight excluding hydrogens is 553 g/mol. The molecule has 9 nitrogen and oxygen atoms in total. The topological polar surface area (TPSA) is 115 Å². The van der Waals surface area contributed by atoms with E-state index in [0.717, 1.165) is 22.2 Å². The van der Waals surface area contributed by atoms with Gasteiger partial charge in [0, 0.05) is 40.7 Å². The number of aryl methyl sites for hydroxylation is 2. The average Bonchev–Trinajstić information content (AvgIpc) is 3.52. The first-order chi connectivity index (χ1) is 19.2. The van der Waals surface area contributed by atoms with Gasteiger partial charge in [-0.25, -0.2) is 8.42 Å². The number of hydrogen-bond acceptors (Lipinski definition) is 7. The third kappa shape index (κ3) is 6.25. The molecule has 0 N–H and O–H groups in total. The summed E-state index contributed by atoms with van der Waals surface area (Å²) in [5.41, 5.74) is 3.86. The number of sulfonamides is 1. The normalized spacial score (nSPS) is 11.4. The number of nitrogens with zero attached hydrogens (tertiary/aromatic N) is 3. The van der Waals surface area contributed by atoms with Crippen molar-refractivity contribution in [3.8, 4) is 22.8 Å². The summed E-state index contributed by atoms with van der Waals surface area (Å²) in [7, 11) is 1.13. The molecule has 11 heteroatoms. The molecule has 0 fully saturated rings. The van der Waals surface area contributed by atoms with E-state index < -0.39 is 10.0 Å². The molecular formula is C30H26N3NaO6S. The van der Waals surface area contributed by atoms with E-state index in [4.69, 9.17) is 14.0 Å². The van der Waals surface area contributed by atoms with Crippen LogP contribution in [0.1, 0.15) is 21.7 Å². The van der Waals surface area contributed by atoms with Crippen molar-refractivity contribution in [3.05, 3.63) is 100 Å². The van der Waals surface area contributed by atoms with Crippen molar-refractivity contribution < 1.29 is 56.8 Å². The van der Waals surface area contributed by atoms with Gasteiger partial charge in [-0.1, -0.05) is 18.2 Å². The van der Waals surface area contributed by atoms with Gasteiger partial charge in [0.25, 0.3) is 0 Å². The predicted octanol–water partition coefficient (Wildman–Crippen LogP) is 3.45. The Hall–Kier alpha value is -3.83. The number of allylic oxidation sites excluding steroid dienone is 1. The number of methoxy groups -OCH3 is 2. The quantitative estimate of drug-likeness (QED) is 0.149. The second-order valence-corrected chi connectivity index (χ2v) is 10.6. The molecule has 0 unspecified atom stereocenters. The van der Waals surface area contributed by atoms with Gasteiger partial charge in [0.2, 0.25) is 10.0 Å². The van der Waals surface area contributed by atoms with Crippen molar-refractivity contribution >= 4 is 38.6 Å². The number of rotatable bonds is 9. The molecule has 0 aliphatic rings. The van der Waals surface area contributed by atoms with Crippen molar-refractivity contribution in [1.29, 1.82) is 0 Å². The van der Waals surface area contributed by atoms with Crippen LogP contribution in [0.5, 0.6) is 11.5 Å². The van der Waals surface area contributed by atoms with E-state index in [9.17, 15) is 13.2 Å². The van der Waals surface area contributed by atoms with E-state index in [1.165, 1.54) is 36.4 Å². The number of benzene rings is 3. The fraction of sp³-hybridized carbons (Fsp3) is 0.133. The summed E-state index contributed by atoms with van der Waals surface area (Å²) in [4.78, 5) is 12.9. The van der Waals surface area contributed by atoms with E-state index in [-0.39, 0.29) is 46.1 Å². The summed E-state index contributed by atoms with van der Waals surface area (Å²) in [5.74, 6) is 1.26. The maximum atomic E-state index is 13.0. The molecule has 0 saturated heterocycles. The van der Waals surface area contributed by atoms with E-state index in [2.05, 4.69) is 20.5 Å². The van der Waals surface area contributed by atoms with Crippen molar-refractivity contribution in [2.75, 3.05) is 14.2 Å². The molecule has 0 aliphatic heterocycles. The van der Waals surface area contributed by atoms with Crippen LogP contribution in [0.25, 0.3) is 33.0 Å². The van der Waals surface area contributed by atoms with E-state index in [1.807, 2.05) is 37.4 Å². The molecule has 5 aromatic rings. The summed E-state index contributed by atoms with van der Waals surface area (Å²) in [6, 6.07) is 20.8. The zero-order chi connectivity index (χ0) is 28.4. The first-order valence-corrected chi connectivity index (χ1v) is 13.7. The smallest absolute Gasteiger partial charge is 0.496 e. The van der Waals surface area contributed by atoms with Crippen LogP contribution in [-0.4, -0.2) is 38.1 Å². The number of hydrogen-bond donors (Lipinski definition) is 0. The van der Waals surface area contributed by atoms with Crippen LogP contribution < -0.4 is 39.0 Å². The molecule has 0 bridgehead atoms. The maximum absolute atomic E-state index is 13.0. The zero-order valence-electron chi connectivity index (χ0n) is 23.3. The number of aromatic nitrogens is 2. The van der Waals surface area contributed by atoms with Crippen LogP contribution in [0, 0.1) is 6.92 Å². The van der Waals surface area contributed by atoms with Gasteiger partial charge in [-0.15, -0.1) is 0 Å². The molecule has 41 heavy (non-hydrogen) atoms. The Morgan fingerprint density at radius 2 is 1.68 bits per heavy atom. The Kier molecular flexibility index (Phi) is 9.08. The van der Waals surface area contributed by atoms with Gasteiger partial charge in [-0.05, 0) is 73.4 Å². The van der Waals surface area contributed by atoms with Crippen molar-refractivity contribution in [2.24, 2.45) is 7.05 Å². The molecule has 0 atom stereocenters. The molecule has 0 spiro atoms. The molecule has 2 heterocycles. The maximum Gasteiger partial charge on any atom is 1.00 e. The standard InChI is InChI=1S/C30H26N3O6S.Na/c1-19-15-30(31-39-19)32-40(35,36)23-12-9-20(10-13-23)27(34)14-11-22-16-24(29(38-4)18-28(22)37-3)26-17-21-7-5-6-8-25(21)33(26)2;/h5-18H,1-4H3;/q-1;+1/b14-11+;. The summed E-state index contributed by atoms with van der Waals surface area (Å²) < 4.78 is 47.0. The number of fused-ring (bicyclic) bond motifs is 1. The van der Waals surface area contributed by atoms with E-state index >= 15 is 0 Å². The monoisotopic (exact) mass is 579 g/mol. The predicted molar refractivity (Wildman–Crippen MR) is 153 cm³/mol. The van der Waals surface area contributed by atoms with E-state index in [1.54, 1.807) is 33.3 Å². The average molecular weight is 580 g/mol. The van der Waals surface area contributed by atoms with Crippen LogP contribution in [0.2, 0.25) is 0 Å². The van der Waals surface area contributed by atoms with Crippen LogP contribution >= 0.6 is 0 Å². The van der Waals surface area contributed by atoms with Gasteiger partial charge in [-0.2, -0.15) is 0 Å². The summed E-state index contributed by atoms with van der Waals surface area (Å²) in [5, 5.41) is 4.68. The molecule has 204 valence electrons. The van der Waals surface area contributed by atoms with Crippen molar-refractivity contribution in [3.63, 3.8) is 0 Å². The molecule has 2 aromatic heterocycles. The Morgan fingerprint density at radius 3 is 2.32 bits per heavy atom. The minimum atomic E-state index is -4.02. The first kappa shape index (κ1) is 30.1. The third-order valence-corrected chi connectivity index (χ3v) is 7.75. The molecule has 3 aromatic carbocycles. The summed E-state index contributed by atoms with van der Waals surface area (Å²) >= 11 is 0. The Balaban J connectivity index is 0.00000387. The number of ketones is 1. The Morgan fingerprint density at radius 1 is 0.976 bits per heavy atom. The fourth-order valence-corrected chi connectivity index (χ4v) is 5.34. The number of carbonyl (C=O) groups is 1. The van der Waals surface area contributed by atoms with Crippen LogP contribution in [0.4, 0.5) is 5.82 Å². The SMILES string of the molecule is COc1cc(OC)c(-c2cc3ccccc3n2C)cc1/C=C/C(=O)c1ccc(S(=O)(=O)[N-]c2cc(C)on2)cc1.[Na+]. The number of para-hydroxylation sites is 1. The van der Waals surface area contributed by atoms with Gasteiger partial charge >= 0.3 is 29.6 Å². The zero-order valence-corrected chi connectivity index (χ0v) is 26.1. The van der Waals surface area contributed by atoms with Gasteiger partial charge < -0.3 is 23.3 Å². The Labute approximate surface area is 260 Å². The largest absolute Gasteiger partial charge is 1.00 e. The molecule has 0 radical (unpaired) electrons. The number of ether oxygens (including phenoxy) is 2. The first-order valence-electron chi connectivity index (χ1n) is 12.2. The Bertz CT molecular complexity index is 1860. The third-order valence-electron chi connectivity index (χ3n) is 6.46. The summed E-state index contributed by atoms with van der Waals surface area (Å²) in [6.07, 6.45) is 3.08. The van der Waals surface area contributed by atoms with Crippen molar-refractivity contribution in [1.82, 2.24) is 9.72 Å². The van der Waals surface area contributed by atoms with E-state index in [0.29, 0.717) is 28.4 Å². The molecule has 0 amide bonds. The van der Waals surface area contributed by atoms with Crippen LogP contribution in [0.15, 0.2) is 88.3 Å². The second-order valence-electron chi connectivity index (χ2n) is 9.03. The molecule has 0 saturated carbocycles. The van der Waals surface area contributed by atoms with Gasteiger partial charge in [0.15, 0.2) is 5.78 Å².